The molecule has 0 bridgehead atoms. The van der Waals surface area contributed by atoms with E-state index in [1.807, 2.05) is 0 Å². The highest BCUT2D eigenvalue weighted by molar-refractivity contribution is 7.89. The lowest BCUT2D eigenvalue weighted by Crippen LogP contribution is -2.56. The number of alkyl halides is 5. The number of hydrogen-bond donors (Lipinski definition) is 2. The number of aliphatic carboxylic acids is 1. The summed E-state index contributed by atoms with van der Waals surface area (Å²) in [5, 5.41) is 11.8. The number of nitrogens with zero attached hydrogens (tertiary/aromatic N) is 1. The third kappa shape index (κ3) is 7.35. The second-order valence-corrected chi connectivity index (χ2v) is 8.79. The summed E-state index contributed by atoms with van der Waals surface area (Å²) in [4.78, 5) is 10.8. The molecule has 2 aromatic rings. The average molecular weight is 510 g/mol. The topological polar surface area (TPSA) is 120 Å². The van der Waals surface area contributed by atoms with E-state index in [4.69, 9.17) is 10.8 Å². The van der Waals surface area contributed by atoms with E-state index in [9.17, 15) is 35.2 Å². The number of hydrogen-bond acceptors (Lipinski definition) is 5. The zero-order chi connectivity index (χ0) is 25.5. The number of halogens is 5. The van der Waals surface area contributed by atoms with Crippen LogP contribution in [-0.2, 0) is 27.5 Å². The van der Waals surface area contributed by atoms with Gasteiger partial charge in [0.1, 0.15) is 11.8 Å². The second kappa shape index (κ2) is 11.6. The van der Waals surface area contributed by atoms with Crippen LogP contribution in [0.25, 0.3) is 5.73 Å². The van der Waals surface area contributed by atoms with Crippen LogP contribution in [0.5, 0.6) is 5.75 Å². The first kappa shape index (κ1) is 27.4. The molecule has 3 N–H and O–H groups in total. The monoisotopic (exact) mass is 510 g/mol. The van der Waals surface area contributed by atoms with E-state index in [2.05, 4.69) is 10.1 Å². The maximum absolute atomic E-state index is 12.5. The average Bonchev–Trinajstić information content (AvgIpc) is 2.79. The van der Waals surface area contributed by atoms with Gasteiger partial charge in [-0.15, -0.1) is 6.54 Å². The molecule has 0 radical (unpaired) electrons. The third-order valence-corrected chi connectivity index (χ3v) is 6.54. The van der Waals surface area contributed by atoms with Gasteiger partial charge in [0.15, 0.2) is 0 Å². The molecular formula is C20H21F5N3O5S-. The molecule has 34 heavy (non-hydrogen) atoms. The first-order chi connectivity index (χ1) is 15.9. The number of piperazine rings is 1. The maximum atomic E-state index is 12.5. The summed E-state index contributed by atoms with van der Waals surface area (Å²) in [6.45, 7) is -2.50. The smallest absolute Gasteiger partial charge is 0.416 e. The number of carboxylic acids is 1. The van der Waals surface area contributed by atoms with E-state index in [0.717, 1.165) is 22.0 Å². The van der Waals surface area contributed by atoms with Gasteiger partial charge in [-0.3, -0.25) is 4.79 Å². The van der Waals surface area contributed by atoms with E-state index in [1.54, 1.807) is 12.1 Å². The molecule has 1 atom stereocenters. The van der Waals surface area contributed by atoms with Gasteiger partial charge in [-0.25, -0.2) is 8.42 Å². The van der Waals surface area contributed by atoms with Gasteiger partial charge < -0.3 is 20.9 Å². The minimum atomic E-state index is -4.57. The van der Waals surface area contributed by atoms with Crippen LogP contribution in [0.1, 0.15) is 11.1 Å². The highest BCUT2D eigenvalue weighted by atomic mass is 32.2. The van der Waals surface area contributed by atoms with Crippen LogP contribution in [0.2, 0.25) is 0 Å². The van der Waals surface area contributed by atoms with Crippen LogP contribution >= 0.6 is 0 Å². The van der Waals surface area contributed by atoms with Crippen molar-refractivity contribution in [2.45, 2.75) is 30.3 Å². The summed E-state index contributed by atoms with van der Waals surface area (Å²) in [6.07, 6.45) is -4.57. The van der Waals surface area contributed by atoms with Gasteiger partial charge in [-0.05, 0) is 36.4 Å². The fourth-order valence-electron chi connectivity index (χ4n) is 2.92. The Balaban J connectivity index is 0.000000287. The van der Waals surface area contributed by atoms with Crippen molar-refractivity contribution in [3.05, 3.63) is 65.4 Å². The van der Waals surface area contributed by atoms with Crippen molar-refractivity contribution in [3.63, 3.8) is 0 Å². The van der Waals surface area contributed by atoms with Crippen molar-refractivity contribution in [1.82, 2.24) is 9.62 Å². The number of nitrogens with one attached hydrogen (secondary N) is 2. The SMILES string of the molecule is O=C(O)C1CNCCN1S(=O)(=O)c1ccc(C(F)(F)F)cc1.[NH-]Cc1ccc(OC(F)F)cc1. The van der Waals surface area contributed by atoms with Gasteiger partial charge in [-0.2, -0.15) is 26.3 Å². The Bertz CT molecular complexity index is 1050. The van der Waals surface area contributed by atoms with Crippen LogP contribution in [-0.4, -0.2) is 56.1 Å². The Morgan fingerprint density at radius 1 is 1.15 bits per heavy atom. The molecule has 1 saturated heterocycles. The van der Waals surface area contributed by atoms with Gasteiger partial charge in [0.05, 0.1) is 10.5 Å². The third-order valence-electron chi connectivity index (χ3n) is 4.62. The van der Waals surface area contributed by atoms with E-state index < -0.39 is 40.4 Å². The summed E-state index contributed by atoms with van der Waals surface area (Å²) in [5.41, 5.74) is 6.77. The highest BCUT2D eigenvalue weighted by Gasteiger charge is 2.38. The molecule has 0 aliphatic carbocycles. The summed E-state index contributed by atoms with van der Waals surface area (Å²) in [6, 6.07) is 7.72. The Morgan fingerprint density at radius 3 is 2.21 bits per heavy atom. The Hall–Kier alpha value is -2.81. The molecule has 8 nitrogen and oxygen atoms in total. The molecule has 1 aliphatic heterocycles. The predicted molar refractivity (Wildman–Crippen MR) is 111 cm³/mol. The van der Waals surface area contributed by atoms with E-state index in [1.165, 1.54) is 12.1 Å². The standard InChI is InChI=1S/C12H13F3N2O4S.C8H8F2NO/c13-12(14,15)8-1-3-9(4-2-8)22(20,21)17-6-5-16-7-10(17)11(18)19;9-8(10)12-7-3-1-6(5-11)2-4-7/h1-4,10,16H,5-7H2,(H,18,19);1-4,8,11H,5H2/q;-1. The molecule has 0 aromatic heterocycles. The minimum absolute atomic E-state index is 0.0603. The molecule has 1 aliphatic rings. The van der Waals surface area contributed by atoms with Gasteiger partial charge in [0, 0.05) is 19.6 Å². The summed E-state index contributed by atoms with van der Waals surface area (Å²) < 4.78 is 90.5. The van der Waals surface area contributed by atoms with Crippen molar-refractivity contribution >= 4 is 16.0 Å². The Kier molecular flexibility index (Phi) is 9.32. The first-order valence-corrected chi connectivity index (χ1v) is 11.1. The van der Waals surface area contributed by atoms with Gasteiger partial charge in [0.2, 0.25) is 10.0 Å². The van der Waals surface area contributed by atoms with Crippen molar-refractivity contribution in [3.8, 4) is 5.75 Å². The zero-order valence-electron chi connectivity index (χ0n) is 17.4. The fraction of sp³-hybridized carbons (Fsp3) is 0.350. The number of benzene rings is 2. The molecular weight excluding hydrogens is 489 g/mol. The predicted octanol–water partition coefficient (Wildman–Crippen LogP) is 3.59. The van der Waals surface area contributed by atoms with Gasteiger partial charge in [0.25, 0.3) is 0 Å². The molecule has 3 rings (SSSR count). The van der Waals surface area contributed by atoms with E-state index in [0.29, 0.717) is 12.1 Å². The molecule has 1 unspecified atom stereocenters. The molecule has 2 aromatic carbocycles. The Morgan fingerprint density at radius 2 is 1.74 bits per heavy atom. The molecule has 0 amide bonds. The van der Waals surface area contributed by atoms with Gasteiger partial charge in [-0.1, -0.05) is 17.7 Å². The van der Waals surface area contributed by atoms with Crippen molar-refractivity contribution in [2.24, 2.45) is 0 Å². The quantitative estimate of drug-likeness (QED) is 0.574. The van der Waals surface area contributed by atoms with Crippen LogP contribution in [0.3, 0.4) is 0 Å². The lowest BCUT2D eigenvalue weighted by molar-refractivity contribution is -0.142. The van der Waals surface area contributed by atoms with E-state index in [-0.39, 0.29) is 36.8 Å². The lowest BCUT2D eigenvalue weighted by Gasteiger charge is -2.32. The van der Waals surface area contributed by atoms with Crippen LogP contribution in [0.15, 0.2) is 53.4 Å². The number of sulfonamides is 1. The fourth-order valence-corrected chi connectivity index (χ4v) is 4.51. The zero-order valence-corrected chi connectivity index (χ0v) is 18.2. The largest absolute Gasteiger partial charge is 0.674 e. The normalized spacial score (nSPS) is 17.1. The molecule has 0 saturated carbocycles. The van der Waals surface area contributed by atoms with Crippen molar-refractivity contribution in [1.29, 1.82) is 0 Å². The highest BCUT2D eigenvalue weighted by Crippen LogP contribution is 2.30. The lowest BCUT2D eigenvalue weighted by atomic mass is 10.2. The summed E-state index contributed by atoms with van der Waals surface area (Å²) in [5.74, 6) is -1.19. The van der Waals surface area contributed by atoms with Crippen LogP contribution < -0.4 is 10.1 Å². The molecule has 1 heterocycles. The van der Waals surface area contributed by atoms with Gasteiger partial charge >= 0.3 is 18.8 Å². The molecule has 0 spiro atoms. The van der Waals surface area contributed by atoms with Crippen molar-refractivity contribution < 1.29 is 45.0 Å². The van der Waals surface area contributed by atoms with Crippen LogP contribution in [0.4, 0.5) is 22.0 Å². The summed E-state index contributed by atoms with van der Waals surface area (Å²) in [7, 11) is -4.17. The number of rotatable bonds is 6. The first-order valence-electron chi connectivity index (χ1n) is 9.67. The maximum Gasteiger partial charge on any atom is 0.416 e. The Labute approximate surface area is 192 Å². The van der Waals surface area contributed by atoms with E-state index >= 15 is 0 Å². The molecule has 188 valence electrons. The van der Waals surface area contributed by atoms with Crippen LogP contribution in [0, 0.1) is 0 Å². The number of carboxylic acid groups (broad SMARTS) is 1. The number of carbonyl (C=O) groups is 1. The van der Waals surface area contributed by atoms with Crippen molar-refractivity contribution in [2.75, 3.05) is 19.6 Å². The second-order valence-electron chi connectivity index (χ2n) is 6.90. The minimum Gasteiger partial charge on any atom is -0.674 e. The molecule has 14 heteroatoms. The molecule has 1 fully saturated rings. The number of ether oxygens (including phenoxy) is 1. The summed E-state index contributed by atoms with van der Waals surface area (Å²) >= 11 is 0.